The predicted molar refractivity (Wildman–Crippen MR) is 41.9 cm³/mol. The van der Waals surface area contributed by atoms with Crippen LogP contribution in [-0.4, -0.2) is 53.3 Å². The molecule has 5 nitrogen and oxygen atoms in total. The zero-order valence-corrected chi connectivity index (χ0v) is 7.02. The Balaban J connectivity index is 2.54. The van der Waals surface area contributed by atoms with Gasteiger partial charge in [-0.3, -0.25) is 0 Å². The summed E-state index contributed by atoms with van der Waals surface area (Å²) in [6.07, 6.45) is -1.41. The Morgan fingerprint density at radius 3 is 2.85 bits per heavy atom. The van der Waals surface area contributed by atoms with Crippen molar-refractivity contribution in [2.75, 3.05) is 19.6 Å². The van der Waals surface area contributed by atoms with Crippen LogP contribution in [0.3, 0.4) is 0 Å². The van der Waals surface area contributed by atoms with Crippen LogP contribution in [0.1, 0.15) is 6.42 Å². The SMILES string of the molecule is O=CCN(C(=O)O)N1CCC(F)C1. The minimum atomic E-state index is -1.22. The normalized spacial score (nSPS) is 23.0. The number of amides is 1. The molecule has 1 atom stereocenters. The second-order valence-electron chi connectivity index (χ2n) is 2.83. The first-order valence-corrected chi connectivity index (χ1v) is 3.98. The maximum Gasteiger partial charge on any atom is 0.422 e. The van der Waals surface area contributed by atoms with Gasteiger partial charge in [0.15, 0.2) is 0 Å². The summed E-state index contributed by atoms with van der Waals surface area (Å²) < 4.78 is 12.7. The number of carbonyl (C=O) groups excluding carboxylic acids is 1. The maximum atomic E-state index is 12.7. The van der Waals surface area contributed by atoms with E-state index in [-0.39, 0.29) is 13.1 Å². The number of aldehydes is 1. The molecular formula is C7H11FN2O3. The summed E-state index contributed by atoms with van der Waals surface area (Å²) in [5.41, 5.74) is 0. The van der Waals surface area contributed by atoms with Crippen molar-refractivity contribution in [2.45, 2.75) is 12.6 Å². The zero-order chi connectivity index (χ0) is 9.84. The fourth-order valence-corrected chi connectivity index (χ4v) is 1.30. The van der Waals surface area contributed by atoms with Crippen LogP contribution in [0.15, 0.2) is 0 Å². The summed E-state index contributed by atoms with van der Waals surface area (Å²) in [6, 6.07) is 0. The van der Waals surface area contributed by atoms with E-state index in [2.05, 4.69) is 0 Å². The molecule has 6 heteroatoms. The average Bonchev–Trinajstić information content (AvgIpc) is 2.46. The lowest BCUT2D eigenvalue weighted by Gasteiger charge is -2.26. The molecule has 0 aromatic carbocycles. The molecule has 1 heterocycles. The van der Waals surface area contributed by atoms with E-state index in [4.69, 9.17) is 5.11 Å². The standard InChI is InChI=1S/C7H11FN2O3/c8-6-1-2-9(5-6)10(3-4-11)7(12)13/h4,6H,1-3,5H2,(H,12,13). The molecular weight excluding hydrogens is 179 g/mol. The van der Waals surface area contributed by atoms with Crippen molar-refractivity contribution in [1.82, 2.24) is 10.0 Å². The summed E-state index contributed by atoms with van der Waals surface area (Å²) in [7, 11) is 0. The van der Waals surface area contributed by atoms with Crippen molar-refractivity contribution in [2.24, 2.45) is 0 Å². The van der Waals surface area contributed by atoms with Crippen molar-refractivity contribution < 1.29 is 19.1 Å². The Morgan fingerprint density at radius 1 is 1.77 bits per heavy atom. The van der Waals surface area contributed by atoms with Gasteiger partial charge in [0, 0.05) is 13.1 Å². The first kappa shape index (κ1) is 9.91. The number of hydrazine groups is 1. The molecule has 1 rings (SSSR count). The van der Waals surface area contributed by atoms with Gasteiger partial charge in [-0.1, -0.05) is 0 Å². The van der Waals surface area contributed by atoms with E-state index < -0.39 is 12.3 Å². The van der Waals surface area contributed by atoms with Crippen LogP contribution in [0.4, 0.5) is 9.18 Å². The molecule has 13 heavy (non-hydrogen) atoms. The molecule has 0 spiro atoms. The summed E-state index contributed by atoms with van der Waals surface area (Å²) in [5.74, 6) is 0. The molecule has 1 amide bonds. The molecule has 0 bridgehead atoms. The van der Waals surface area contributed by atoms with Crippen LogP contribution < -0.4 is 0 Å². The van der Waals surface area contributed by atoms with Crippen LogP contribution in [-0.2, 0) is 4.79 Å². The fraction of sp³-hybridized carbons (Fsp3) is 0.714. The minimum Gasteiger partial charge on any atom is -0.464 e. The van der Waals surface area contributed by atoms with Crippen molar-refractivity contribution in [1.29, 1.82) is 0 Å². The number of nitrogens with zero attached hydrogens (tertiary/aromatic N) is 2. The lowest BCUT2D eigenvalue weighted by molar-refractivity contribution is -0.112. The van der Waals surface area contributed by atoms with E-state index >= 15 is 0 Å². The second kappa shape index (κ2) is 4.18. The summed E-state index contributed by atoms with van der Waals surface area (Å²) in [5, 5.41) is 10.8. The Kier molecular flexibility index (Phi) is 3.18. The van der Waals surface area contributed by atoms with Gasteiger partial charge in [-0.05, 0) is 6.42 Å². The van der Waals surface area contributed by atoms with Gasteiger partial charge in [0.1, 0.15) is 12.5 Å². The van der Waals surface area contributed by atoms with Crippen molar-refractivity contribution in [3.05, 3.63) is 0 Å². The monoisotopic (exact) mass is 190 g/mol. The lowest BCUT2D eigenvalue weighted by Crippen LogP contribution is -2.45. The van der Waals surface area contributed by atoms with E-state index in [1.54, 1.807) is 0 Å². The third-order valence-electron chi connectivity index (χ3n) is 1.92. The van der Waals surface area contributed by atoms with Gasteiger partial charge in [0.05, 0.1) is 6.54 Å². The smallest absolute Gasteiger partial charge is 0.422 e. The zero-order valence-electron chi connectivity index (χ0n) is 7.02. The third kappa shape index (κ3) is 2.38. The predicted octanol–water partition coefficient (Wildman–Crippen LogP) is 0.124. The Labute approximate surface area is 74.7 Å². The molecule has 0 aromatic heterocycles. The third-order valence-corrected chi connectivity index (χ3v) is 1.92. The largest absolute Gasteiger partial charge is 0.464 e. The van der Waals surface area contributed by atoms with Gasteiger partial charge in [-0.15, -0.1) is 0 Å². The van der Waals surface area contributed by atoms with Crippen LogP contribution in [0.25, 0.3) is 0 Å². The van der Waals surface area contributed by atoms with E-state index in [9.17, 15) is 14.0 Å². The molecule has 1 fully saturated rings. The molecule has 0 radical (unpaired) electrons. The van der Waals surface area contributed by atoms with Crippen LogP contribution in [0.2, 0.25) is 0 Å². The highest BCUT2D eigenvalue weighted by atomic mass is 19.1. The molecule has 0 saturated carbocycles. The van der Waals surface area contributed by atoms with Gasteiger partial charge < -0.3 is 9.90 Å². The van der Waals surface area contributed by atoms with Crippen LogP contribution >= 0.6 is 0 Å². The second-order valence-corrected chi connectivity index (χ2v) is 2.83. The van der Waals surface area contributed by atoms with Gasteiger partial charge in [0.25, 0.3) is 0 Å². The molecule has 0 aliphatic carbocycles. The van der Waals surface area contributed by atoms with E-state index in [0.717, 1.165) is 5.01 Å². The highest BCUT2D eigenvalue weighted by Crippen LogP contribution is 2.14. The molecule has 74 valence electrons. The average molecular weight is 190 g/mol. The topological polar surface area (TPSA) is 60.9 Å². The maximum absolute atomic E-state index is 12.7. The quantitative estimate of drug-likeness (QED) is 0.642. The van der Waals surface area contributed by atoms with E-state index in [1.165, 1.54) is 5.01 Å². The fourth-order valence-electron chi connectivity index (χ4n) is 1.30. The van der Waals surface area contributed by atoms with Crippen molar-refractivity contribution >= 4 is 12.4 Å². The molecule has 1 aliphatic rings. The number of rotatable bonds is 3. The number of hydrogen-bond acceptors (Lipinski definition) is 3. The number of carboxylic acid groups (broad SMARTS) is 1. The number of alkyl halides is 1. The summed E-state index contributed by atoms with van der Waals surface area (Å²) >= 11 is 0. The van der Waals surface area contributed by atoms with Crippen molar-refractivity contribution in [3.63, 3.8) is 0 Å². The molecule has 1 unspecified atom stereocenters. The van der Waals surface area contributed by atoms with E-state index in [0.29, 0.717) is 19.3 Å². The molecule has 1 aliphatic heterocycles. The van der Waals surface area contributed by atoms with Gasteiger partial charge >= 0.3 is 6.09 Å². The Hall–Kier alpha value is -1.17. The molecule has 1 saturated heterocycles. The summed E-state index contributed by atoms with van der Waals surface area (Å²) in [6.45, 7) is 0.170. The highest BCUT2D eigenvalue weighted by Gasteiger charge is 2.29. The van der Waals surface area contributed by atoms with Crippen LogP contribution in [0.5, 0.6) is 0 Å². The van der Waals surface area contributed by atoms with Gasteiger partial charge in [0.2, 0.25) is 0 Å². The molecule has 1 N–H and O–H groups in total. The minimum absolute atomic E-state index is 0.0557. The summed E-state index contributed by atoms with van der Waals surface area (Å²) in [4.78, 5) is 20.7. The Morgan fingerprint density at radius 2 is 2.46 bits per heavy atom. The first-order chi connectivity index (χ1) is 6.15. The molecule has 0 aromatic rings. The van der Waals surface area contributed by atoms with E-state index in [1.807, 2.05) is 0 Å². The number of carbonyl (C=O) groups is 2. The van der Waals surface area contributed by atoms with Gasteiger partial charge in [-0.25, -0.2) is 19.2 Å². The Bertz CT molecular complexity index is 212. The van der Waals surface area contributed by atoms with Gasteiger partial charge in [-0.2, -0.15) is 0 Å². The van der Waals surface area contributed by atoms with Crippen LogP contribution in [0, 0.1) is 0 Å². The lowest BCUT2D eigenvalue weighted by atomic mass is 10.4. The number of hydrogen-bond donors (Lipinski definition) is 1. The number of halogens is 1. The highest BCUT2D eigenvalue weighted by molar-refractivity contribution is 5.68. The van der Waals surface area contributed by atoms with Crippen molar-refractivity contribution in [3.8, 4) is 0 Å². The first-order valence-electron chi connectivity index (χ1n) is 3.98.